The lowest BCUT2D eigenvalue weighted by Gasteiger charge is -2.26. The van der Waals surface area contributed by atoms with Gasteiger partial charge in [-0.15, -0.1) is 0 Å². The van der Waals surface area contributed by atoms with E-state index in [0.717, 1.165) is 33.2 Å². The lowest BCUT2D eigenvalue weighted by molar-refractivity contribution is -0.155. The third-order valence-electron chi connectivity index (χ3n) is 1.79. The van der Waals surface area contributed by atoms with Gasteiger partial charge in [-0.25, -0.2) is 0 Å². The fraction of sp³-hybridized carbons (Fsp3) is 0.769. The molecule has 7 heteroatoms. The standard InChI is InChI=1S/C8H14O3.C2H4O2.C2H4O.CH4O/c1-6-3-4-8(5-10-6)11-7(2)9;1-2(3)4;1-2-3;1-2/h6,8H,3-5H2,1-2H3;1H3,(H,3,4);2H,1H3;2H,1H3/t6-,8?;;;/m0.../s1. The van der Waals surface area contributed by atoms with Crippen LogP contribution in [0.4, 0.5) is 0 Å². The zero-order valence-corrected chi connectivity index (χ0v) is 12.8. The summed E-state index contributed by atoms with van der Waals surface area (Å²) < 4.78 is 10.3. The average Bonchev–Trinajstić information content (AvgIpc) is 2.34. The molecule has 0 bridgehead atoms. The Balaban J connectivity index is -0.000000269. The highest BCUT2D eigenvalue weighted by atomic mass is 16.6. The zero-order valence-electron chi connectivity index (χ0n) is 12.8. The third kappa shape index (κ3) is 25.4. The highest BCUT2D eigenvalue weighted by molar-refractivity contribution is 5.66. The third-order valence-corrected chi connectivity index (χ3v) is 1.79. The number of aliphatic hydroxyl groups is 1. The maximum atomic E-state index is 10.5. The number of rotatable bonds is 1. The maximum Gasteiger partial charge on any atom is 0.302 e. The van der Waals surface area contributed by atoms with Crippen molar-refractivity contribution in [2.75, 3.05) is 13.7 Å². The van der Waals surface area contributed by atoms with E-state index >= 15 is 0 Å². The van der Waals surface area contributed by atoms with Gasteiger partial charge in [-0.05, 0) is 26.7 Å². The van der Waals surface area contributed by atoms with Crippen molar-refractivity contribution < 1.29 is 34.1 Å². The van der Waals surface area contributed by atoms with E-state index < -0.39 is 5.97 Å². The normalized spacial score (nSPS) is 19.5. The molecule has 1 unspecified atom stereocenters. The molecule has 0 spiro atoms. The van der Waals surface area contributed by atoms with E-state index in [2.05, 4.69) is 0 Å². The van der Waals surface area contributed by atoms with Gasteiger partial charge in [-0.3, -0.25) is 9.59 Å². The predicted molar refractivity (Wildman–Crippen MR) is 73.4 cm³/mol. The number of hydrogen-bond acceptors (Lipinski definition) is 6. The molecule has 0 aliphatic carbocycles. The number of aliphatic hydroxyl groups excluding tert-OH is 1. The Kier molecular flexibility index (Phi) is 20.7. The first-order valence-electron chi connectivity index (χ1n) is 6.16. The van der Waals surface area contributed by atoms with Crippen molar-refractivity contribution in [2.24, 2.45) is 0 Å². The monoisotopic (exact) mass is 294 g/mol. The predicted octanol–water partition coefficient (Wildman–Crippen LogP) is 1.02. The molecule has 0 aromatic carbocycles. The minimum atomic E-state index is -0.833. The van der Waals surface area contributed by atoms with Gasteiger partial charge in [-0.2, -0.15) is 0 Å². The molecule has 1 saturated heterocycles. The SMILES string of the molecule is CC(=O)O.CC(=O)OC1CC[C@H](C)OC1.CC=O.CO. The molecule has 0 saturated carbocycles. The Labute approximate surface area is 119 Å². The molecule has 0 amide bonds. The van der Waals surface area contributed by atoms with Crippen LogP contribution < -0.4 is 0 Å². The Bertz CT molecular complexity index is 241. The molecule has 1 fully saturated rings. The van der Waals surface area contributed by atoms with Crippen molar-refractivity contribution in [3.05, 3.63) is 0 Å². The van der Waals surface area contributed by atoms with E-state index in [9.17, 15) is 4.79 Å². The van der Waals surface area contributed by atoms with Gasteiger partial charge in [0, 0.05) is 21.0 Å². The molecule has 1 aliphatic rings. The van der Waals surface area contributed by atoms with E-state index in [0.29, 0.717) is 12.7 Å². The van der Waals surface area contributed by atoms with E-state index in [1.807, 2.05) is 6.92 Å². The maximum absolute atomic E-state index is 10.5. The average molecular weight is 294 g/mol. The number of carboxylic acid groups (broad SMARTS) is 1. The highest BCUT2D eigenvalue weighted by Gasteiger charge is 2.20. The molecular weight excluding hydrogens is 268 g/mol. The summed E-state index contributed by atoms with van der Waals surface area (Å²) in [5.41, 5.74) is 0. The summed E-state index contributed by atoms with van der Waals surface area (Å²) in [6, 6.07) is 0. The smallest absolute Gasteiger partial charge is 0.302 e. The summed E-state index contributed by atoms with van der Waals surface area (Å²) in [6.45, 7) is 6.54. The fourth-order valence-corrected chi connectivity index (χ4v) is 1.19. The van der Waals surface area contributed by atoms with Crippen LogP contribution in [0.1, 0.15) is 40.5 Å². The van der Waals surface area contributed by atoms with Gasteiger partial charge in [0.2, 0.25) is 0 Å². The van der Waals surface area contributed by atoms with Gasteiger partial charge < -0.3 is 24.5 Å². The van der Waals surface area contributed by atoms with Gasteiger partial charge in [0.25, 0.3) is 5.97 Å². The molecule has 1 heterocycles. The number of carbonyl (C=O) groups excluding carboxylic acids is 2. The molecule has 20 heavy (non-hydrogen) atoms. The second-order valence-electron chi connectivity index (χ2n) is 3.71. The van der Waals surface area contributed by atoms with Gasteiger partial charge in [-0.1, -0.05) is 0 Å². The summed E-state index contributed by atoms with van der Waals surface area (Å²) in [4.78, 5) is 28.3. The lowest BCUT2D eigenvalue weighted by Crippen LogP contribution is -2.30. The zero-order chi connectivity index (χ0) is 16.6. The summed E-state index contributed by atoms with van der Waals surface area (Å²) in [7, 11) is 1.00. The molecule has 1 aliphatic heterocycles. The number of carboxylic acids is 1. The van der Waals surface area contributed by atoms with Crippen molar-refractivity contribution in [3.8, 4) is 0 Å². The summed E-state index contributed by atoms with van der Waals surface area (Å²) in [5.74, 6) is -1.05. The number of ether oxygens (including phenoxy) is 2. The van der Waals surface area contributed by atoms with Crippen LogP contribution in [0.15, 0.2) is 0 Å². The molecule has 0 aromatic heterocycles. The van der Waals surface area contributed by atoms with Crippen molar-refractivity contribution in [2.45, 2.75) is 52.7 Å². The van der Waals surface area contributed by atoms with E-state index in [1.165, 1.54) is 13.8 Å². The Morgan fingerprint density at radius 1 is 1.25 bits per heavy atom. The molecule has 7 nitrogen and oxygen atoms in total. The number of aliphatic carboxylic acids is 1. The first kappa shape index (κ1) is 23.6. The summed E-state index contributed by atoms with van der Waals surface area (Å²) in [5, 5.41) is 14.4. The Hall–Kier alpha value is -1.47. The first-order valence-corrected chi connectivity index (χ1v) is 6.16. The first-order chi connectivity index (χ1) is 9.33. The van der Waals surface area contributed by atoms with E-state index in [1.54, 1.807) is 0 Å². The summed E-state index contributed by atoms with van der Waals surface area (Å²) >= 11 is 0. The number of hydrogen-bond donors (Lipinski definition) is 2. The number of aldehydes is 1. The van der Waals surface area contributed by atoms with Crippen LogP contribution in [0.5, 0.6) is 0 Å². The van der Waals surface area contributed by atoms with Crippen molar-refractivity contribution in [3.63, 3.8) is 0 Å². The van der Waals surface area contributed by atoms with Crippen LogP contribution in [0.25, 0.3) is 0 Å². The van der Waals surface area contributed by atoms with Crippen LogP contribution in [0.2, 0.25) is 0 Å². The van der Waals surface area contributed by atoms with E-state index in [-0.39, 0.29) is 12.1 Å². The van der Waals surface area contributed by atoms with Gasteiger partial charge in [0.1, 0.15) is 12.4 Å². The topological polar surface area (TPSA) is 110 Å². The Morgan fingerprint density at radius 2 is 1.65 bits per heavy atom. The molecule has 2 atom stereocenters. The van der Waals surface area contributed by atoms with Crippen LogP contribution in [0.3, 0.4) is 0 Å². The molecule has 2 N–H and O–H groups in total. The van der Waals surface area contributed by atoms with E-state index in [4.69, 9.17) is 29.3 Å². The van der Waals surface area contributed by atoms with Gasteiger partial charge >= 0.3 is 5.97 Å². The van der Waals surface area contributed by atoms with Gasteiger partial charge in [0.15, 0.2) is 0 Å². The van der Waals surface area contributed by atoms with Crippen molar-refractivity contribution in [1.29, 1.82) is 0 Å². The van der Waals surface area contributed by atoms with Crippen LogP contribution in [-0.4, -0.2) is 54.4 Å². The largest absolute Gasteiger partial charge is 0.481 e. The van der Waals surface area contributed by atoms with Crippen LogP contribution in [-0.2, 0) is 23.9 Å². The molecule has 0 radical (unpaired) electrons. The second kappa shape index (κ2) is 17.5. The second-order valence-corrected chi connectivity index (χ2v) is 3.71. The number of carbonyl (C=O) groups is 3. The molecule has 1 rings (SSSR count). The summed E-state index contributed by atoms with van der Waals surface area (Å²) in [6.07, 6.45) is 2.98. The van der Waals surface area contributed by atoms with Crippen molar-refractivity contribution >= 4 is 18.2 Å². The minimum Gasteiger partial charge on any atom is -0.481 e. The van der Waals surface area contributed by atoms with Crippen LogP contribution in [0, 0.1) is 0 Å². The molecular formula is C13H26O7. The molecule has 0 aromatic rings. The fourth-order valence-electron chi connectivity index (χ4n) is 1.19. The minimum absolute atomic E-state index is 0.0105. The molecule has 120 valence electrons. The van der Waals surface area contributed by atoms with Crippen LogP contribution >= 0.6 is 0 Å². The quantitative estimate of drug-likeness (QED) is 0.548. The van der Waals surface area contributed by atoms with Crippen molar-refractivity contribution in [1.82, 2.24) is 0 Å². The Morgan fingerprint density at radius 3 is 1.90 bits per heavy atom. The highest BCUT2D eigenvalue weighted by Crippen LogP contribution is 2.15. The number of esters is 1. The lowest BCUT2D eigenvalue weighted by atomic mass is 10.1. The van der Waals surface area contributed by atoms with Gasteiger partial charge in [0.05, 0.1) is 12.7 Å².